The Labute approximate surface area is 103 Å². The summed E-state index contributed by atoms with van der Waals surface area (Å²) in [6, 6.07) is 6.66. The third-order valence-corrected chi connectivity index (χ3v) is 3.83. The lowest BCUT2D eigenvalue weighted by atomic mass is 9.86. The second-order valence-corrected chi connectivity index (χ2v) is 5.41. The molecule has 0 atom stereocenters. The van der Waals surface area contributed by atoms with Gasteiger partial charge in [0.1, 0.15) is 5.82 Å². The van der Waals surface area contributed by atoms with E-state index in [4.69, 9.17) is 0 Å². The van der Waals surface area contributed by atoms with Crippen molar-refractivity contribution in [3.63, 3.8) is 0 Å². The predicted octanol–water partition coefficient (Wildman–Crippen LogP) is 2.51. The zero-order valence-electron chi connectivity index (χ0n) is 9.00. The first-order valence-corrected chi connectivity index (χ1v) is 6.16. The van der Waals surface area contributed by atoms with Gasteiger partial charge in [0.15, 0.2) is 0 Å². The van der Waals surface area contributed by atoms with E-state index in [-0.39, 0.29) is 5.82 Å². The maximum absolute atomic E-state index is 13.5. The van der Waals surface area contributed by atoms with Crippen LogP contribution in [0.25, 0.3) is 0 Å². The van der Waals surface area contributed by atoms with Crippen molar-refractivity contribution in [1.82, 2.24) is 3.93 Å². The molecule has 16 heavy (non-hydrogen) atoms. The molecule has 0 unspecified atom stereocenters. The number of rotatable bonds is 2. The lowest BCUT2D eigenvalue weighted by molar-refractivity contribution is -0.00235. The van der Waals surface area contributed by atoms with Crippen LogP contribution < -0.4 is 0 Å². The standard InChI is InChI=1S/C12H15BrFNO/c13-15-7-5-12(16,6-8-15)9-10-3-1-2-4-11(10)14/h1-4,16H,5-9H2. The van der Waals surface area contributed by atoms with Crippen LogP contribution in [0.2, 0.25) is 0 Å². The molecule has 1 aromatic rings. The molecule has 1 aliphatic rings. The SMILES string of the molecule is OC1(Cc2ccccc2F)CCN(Br)CC1. The van der Waals surface area contributed by atoms with Crippen molar-refractivity contribution in [1.29, 1.82) is 0 Å². The van der Waals surface area contributed by atoms with E-state index in [1.54, 1.807) is 18.2 Å². The lowest BCUT2D eigenvalue weighted by Gasteiger charge is -2.35. The van der Waals surface area contributed by atoms with E-state index in [9.17, 15) is 9.50 Å². The predicted molar refractivity (Wildman–Crippen MR) is 64.8 cm³/mol. The largest absolute Gasteiger partial charge is 0.389 e. The van der Waals surface area contributed by atoms with E-state index in [1.807, 2.05) is 3.93 Å². The second-order valence-electron chi connectivity index (χ2n) is 4.40. The molecule has 0 bridgehead atoms. The normalized spacial score (nSPS) is 20.9. The molecule has 0 saturated carbocycles. The number of piperidine rings is 1. The van der Waals surface area contributed by atoms with Crippen molar-refractivity contribution in [3.05, 3.63) is 35.6 Å². The first-order chi connectivity index (χ1) is 7.59. The van der Waals surface area contributed by atoms with Crippen molar-refractivity contribution in [2.75, 3.05) is 13.1 Å². The summed E-state index contributed by atoms with van der Waals surface area (Å²) in [4.78, 5) is 0. The molecule has 0 amide bonds. The van der Waals surface area contributed by atoms with Gasteiger partial charge in [-0.05, 0) is 24.5 Å². The van der Waals surface area contributed by atoms with Crippen LogP contribution >= 0.6 is 16.1 Å². The van der Waals surface area contributed by atoms with E-state index < -0.39 is 5.60 Å². The van der Waals surface area contributed by atoms with Crippen LogP contribution in [-0.4, -0.2) is 27.7 Å². The molecule has 2 rings (SSSR count). The van der Waals surface area contributed by atoms with Gasteiger partial charge in [-0.3, -0.25) is 0 Å². The molecule has 0 spiro atoms. The third kappa shape index (κ3) is 2.81. The number of benzene rings is 1. The van der Waals surface area contributed by atoms with E-state index in [0.717, 1.165) is 13.1 Å². The molecule has 1 aliphatic heterocycles. The summed E-state index contributed by atoms with van der Waals surface area (Å²) in [5.74, 6) is -0.225. The van der Waals surface area contributed by atoms with Crippen molar-refractivity contribution in [2.45, 2.75) is 24.9 Å². The molecule has 1 saturated heterocycles. The monoisotopic (exact) mass is 287 g/mol. The highest BCUT2D eigenvalue weighted by Crippen LogP contribution is 2.28. The molecular formula is C12H15BrFNO. The minimum absolute atomic E-state index is 0.225. The van der Waals surface area contributed by atoms with Crippen LogP contribution in [-0.2, 0) is 6.42 Å². The van der Waals surface area contributed by atoms with Crippen LogP contribution in [0, 0.1) is 5.82 Å². The average molecular weight is 288 g/mol. The summed E-state index contributed by atoms with van der Waals surface area (Å²) in [5, 5.41) is 10.4. The zero-order valence-corrected chi connectivity index (χ0v) is 10.6. The number of hydrogen-bond acceptors (Lipinski definition) is 2. The Kier molecular flexibility index (Phi) is 3.62. The minimum Gasteiger partial charge on any atom is -0.389 e. The average Bonchev–Trinajstić information content (AvgIpc) is 2.27. The Morgan fingerprint density at radius 1 is 1.31 bits per heavy atom. The zero-order chi connectivity index (χ0) is 11.6. The molecule has 1 aromatic carbocycles. The molecule has 1 fully saturated rings. The fourth-order valence-corrected chi connectivity index (χ4v) is 2.42. The maximum atomic E-state index is 13.5. The van der Waals surface area contributed by atoms with Crippen LogP contribution in [0.15, 0.2) is 24.3 Å². The highest BCUT2D eigenvalue weighted by Gasteiger charge is 2.32. The van der Waals surface area contributed by atoms with Crippen molar-refractivity contribution in [3.8, 4) is 0 Å². The first kappa shape index (κ1) is 12.0. The first-order valence-electron chi connectivity index (χ1n) is 5.46. The topological polar surface area (TPSA) is 23.5 Å². The molecule has 4 heteroatoms. The molecule has 0 aromatic heterocycles. The van der Waals surface area contributed by atoms with Crippen LogP contribution in [0.5, 0.6) is 0 Å². The molecule has 1 heterocycles. The fourth-order valence-electron chi connectivity index (χ4n) is 2.07. The quantitative estimate of drug-likeness (QED) is 0.845. The second kappa shape index (κ2) is 4.82. The van der Waals surface area contributed by atoms with Gasteiger partial charge in [0.25, 0.3) is 0 Å². The highest BCUT2D eigenvalue weighted by atomic mass is 79.9. The smallest absolute Gasteiger partial charge is 0.126 e. The van der Waals surface area contributed by atoms with Crippen molar-refractivity contribution >= 4 is 16.1 Å². The highest BCUT2D eigenvalue weighted by molar-refractivity contribution is 9.07. The van der Waals surface area contributed by atoms with Gasteiger partial charge in [0, 0.05) is 35.7 Å². The van der Waals surface area contributed by atoms with Gasteiger partial charge in [0.2, 0.25) is 0 Å². The van der Waals surface area contributed by atoms with Crippen LogP contribution in [0.4, 0.5) is 4.39 Å². The molecule has 88 valence electrons. The molecule has 1 N–H and O–H groups in total. The lowest BCUT2D eigenvalue weighted by Crippen LogP contribution is -2.42. The van der Waals surface area contributed by atoms with Crippen molar-refractivity contribution in [2.24, 2.45) is 0 Å². The summed E-state index contributed by atoms with van der Waals surface area (Å²) in [6.45, 7) is 1.59. The van der Waals surface area contributed by atoms with E-state index in [0.29, 0.717) is 24.8 Å². The molecule has 0 aliphatic carbocycles. The third-order valence-electron chi connectivity index (χ3n) is 3.12. The molecule has 0 radical (unpaired) electrons. The summed E-state index contributed by atoms with van der Waals surface area (Å²) in [5.41, 5.74) is -0.153. The minimum atomic E-state index is -0.757. The Balaban J connectivity index is 2.07. The van der Waals surface area contributed by atoms with Gasteiger partial charge < -0.3 is 5.11 Å². The summed E-state index contributed by atoms with van der Waals surface area (Å²) < 4.78 is 15.5. The number of halogens is 2. The van der Waals surface area contributed by atoms with Gasteiger partial charge >= 0.3 is 0 Å². The Morgan fingerprint density at radius 2 is 1.94 bits per heavy atom. The van der Waals surface area contributed by atoms with Gasteiger partial charge in [-0.2, -0.15) is 0 Å². The van der Waals surface area contributed by atoms with E-state index in [2.05, 4.69) is 16.1 Å². The number of nitrogens with zero attached hydrogens (tertiary/aromatic N) is 1. The van der Waals surface area contributed by atoms with E-state index >= 15 is 0 Å². The van der Waals surface area contributed by atoms with Crippen molar-refractivity contribution < 1.29 is 9.50 Å². The molecule has 2 nitrogen and oxygen atoms in total. The van der Waals surface area contributed by atoms with Crippen LogP contribution in [0.1, 0.15) is 18.4 Å². The summed E-state index contributed by atoms with van der Waals surface area (Å²) in [6.07, 6.45) is 1.75. The number of hydrogen-bond donors (Lipinski definition) is 1. The summed E-state index contributed by atoms with van der Waals surface area (Å²) >= 11 is 3.39. The van der Waals surface area contributed by atoms with Gasteiger partial charge in [0.05, 0.1) is 5.60 Å². The maximum Gasteiger partial charge on any atom is 0.126 e. The Hall–Kier alpha value is -0.450. The fraction of sp³-hybridized carbons (Fsp3) is 0.500. The van der Waals surface area contributed by atoms with E-state index in [1.165, 1.54) is 6.07 Å². The summed E-state index contributed by atoms with van der Waals surface area (Å²) in [7, 11) is 0. The van der Waals surface area contributed by atoms with Gasteiger partial charge in [-0.25, -0.2) is 8.32 Å². The Morgan fingerprint density at radius 3 is 2.56 bits per heavy atom. The Bertz CT molecular complexity index is 364. The van der Waals surface area contributed by atoms with Gasteiger partial charge in [-0.1, -0.05) is 18.2 Å². The van der Waals surface area contributed by atoms with Crippen LogP contribution in [0.3, 0.4) is 0 Å². The molecular weight excluding hydrogens is 273 g/mol. The number of aliphatic hydroxyl groups is 1. The van der Waals surface area contributed by atoms with Gasteiger partial charge in [-0.15, -0.1) is 0 Å².